The molecule has 0 saturated carbocycles. The fraction of sp³-hybridized carbons (Fsp3) is 0.208. The second-order valence-electron chi connectivity index (χ2n) is 7.95. The minimum Gasteiger partial charge on any atom is -0.484 e. The number of hydrogen-bond donors (Lipinski definition) is 1. The third kappa shape index (κ3) is 5.28. The van der Waals surface area contributed by atoms with Crippen molar-refractivity contribution in [1.29, 1.82) is 0 Å². The van der Waals surface area contributed by atoms with E-state index in [1.807, 2.05) is 36.4 Å². The summed E-state index contributed by atoms with van der Waals surface area (Å²) >= 11 is 9.40. The van der Waals surface area contributed by atoms with Gasteiger partial charge in [-0.2, -0.15) is 9.97 Å². The summed E-state index contributed by atoms with van der Waals surface area (Å²) in [5, 5.41) is 0.647. The third-order valence-electron chi connectivity index (χ3n) is 5.65. The normalized spacial score (nSPS) is 13.8. The van der Waals surface area contributed by atoms with Gasteiger partial charge in [0.2, 0.25) is 5.95 Å². The van der Waals surface area contributed by atoms with Gasteiger partial charge in [-0.3, -0.25) is 4.79 Å². The fourth-order valence-electron chi connectivity index (χ4n) is 3.82. The zero-order valence-corrected chi connectivity index (χ0v) is 20.9. The van der Waals surface area contributed by atoms with Crippen LogP contribution in [0.25, 0.3) is 22.4 Å². The number of benzene rings is 2. The third-order valence-corrected chi connectivity index (χ3v) is 6.43. The van der Waals surface area contributed by atoms with Crippen LogP contribution in [0.4, 0.5) is 11.8 Å². The lowest BCUT2D eigenvalue weighted by Crippen LogP contribution is -2.50. The van der Waals surface area contributed by atoms with E-state index in [2.05, 4.69) is 35.8 Å². The van der Waals surface area contributed by atoms with E-state index in [4.69, 9.17) is 27.1 Å². The fourth-order valence-corrected chi connectivity index (χ4v) is 4.21. The Morgan fingerprint density at radius 1 is 1.00 bits per heavy atom. The summed E-state index contributed by atoms with van der Waals surface area (Å²) in [6.07, 6.45) is 1.66. The lowest BCUT2D eigenvalue weighted by molar-refractivity contribution is -0.133. The van der Waals surface area contributed by atoms with Crippen molar-refractivity contribution >= 4 is 56.4 Å². The van der Waals surface area contributed by atoms with Crippen LogP contribution in [-0.4, -0.2) is 63.5 Å². The number of aromatic nitrogens is 4. The van der Waals surface area contributed by atoms with Gasteiger partial charge in [-0.15, -0.1) is 0 Å². The van der Waals surface area contributed by atoms with Crippen LogP contribution in [0.5, 0.6) is 5.75 Å². The van der Waals surface area contributed by atoms with Crippen molar-refractivity contribution < 1.29 is 9.53 Å². The first-order valence-corrected chi connectivity index (χ1v) is 12.1. The lowest BCUT2D eigenvalue weighted by Gasteiger charge is -2.35. The highest BCUT2D eigenvalue weighted by molar-refractivity contribution is 9.10. The van der Waals surface area contributed by atoms with E-state index >= 15 is 0 Å². The summed E-state index contributed by atoms with van der Waals surface area (Å²) in [4.78, 5) is 34.5. The molecule has 1 fully saturated rings. The van der Waals surface area contributed by atoms with Crippen LogP contribution in [0.2, 0.25) is 5.02 Å². The Kier molecular flexibility index (Phi) is 6.65. The molecule has 2 aromatic heterocycles. The van der Waals surface area contributed by atoms with Gasteiger partial charge in [-0.1, -0.05) is 39.7 Å². The van der Waals surface area contributed by atoms with Gasteiger partial charge in [0.1, 0.15) is 5.75 Å². The van der Waals surface area contributed by atoms with Crippen LogP contribution in [0.1, 0.15) is 0 Å². The van der Waals surface area contributed by atoms with Crippen LogP contribution in [-0.2, 0) is 4.79 Å². The number of nitrogens with zero attached hydrogens (tertiary/aromatic N) is 6. The number of rotatable bonds is 5. The highest BCUT2D eigenvalue weighted by Crippen LogP contribution is 2.27. The zero-order chi connectivity index (χ0) is 24.4. The van der Waals surface area contributed by atoms with Crippen LogP contribution in [0.3, 0.4) is 0 Å². The maximum absolute atomic E-state index is 12.7. The number of carbonyl (C=O) groups is 1. The van der Waals surface area contributed by atoms with E-state index in [-0.39, 0.29) is 18.5 Å². The van der Waals surface area contributed by atoms with E-state index in [0.29, 0.717) is 59.6 Å². The number of anilines is 2. The van der Waals surface area contributed by atoms with Gasteiger partial charge in [0.05, 0.1) is 11.9 Å². The molecule has 11 heteroatoms. The van der Waals surface area contributed by atoms with Crippen LogP contribution in [0.15, 0.2) is 59.2 Å². The maximum atomic E-state index is 12.7. The number of nitrogen functional groups attached to an aromatic ring is 1. The molecule has 1 aliphatic rings. The molecular formula is C24H21BrClN7O2. The molecule has 35 heavy (non-hydrogen) atoms. The molecule has 1 amide bonds. The SMILES string of the molecule is Nc1nc(N2CCN(C(=O)COc3ccc(Br)cc3)CC2)c2nc(-c3ccc(Cl)cc3)cnc2n1. The number of hydrogen-bond acceptors (Lipinski definition) is 8. The minimum absolute atomic E-state index is 0.0130. The summed E-state index contributed by atoms with van der Waals surface area (Å²) in [5.74, 6) is 1.32. The topological polar surface area (TPSA) is 110 Å². The van der Waals surface area contributed by atoms with E-state index in [9.17, 15) is 4.79 Å². The van der Waals surface area contributed by atoms with Crippen molar-refractivity contribution in [3.05, 3.63) is 64.2 Å². The van der Waals surface area contributed by atoms with Crippen LogP contribution in [0, 0.1) is 0 Å². The Labute approximate surface area is 215 Å². The molecule has 9 nitrogen and oxygen atoms in total. The second-order valence-corrected chi connectivity index (χ2v) is 9.30. The molecule has 1 aliphatic heterocycles. The molecule has 5 rings (SSSR count). The molecule has 0 unspecified atom stereocenters. The Balaban J connectivity index is 1.30. The predicted molar refractivity (Wildman–Crippen MR) is 138 cm³/mol. The monoisotopic (exact) mass is 553 g/mol. The van der Waals surface area contributed by atoms with Crippen LogP contribution < -0.4 is 15.4 Å². The average molecular weight is 555 g/mol. The molecule has 1 saturated heterocycles. The summed E-state index contributed by atoms with van der Waals surface area (Å²) < 4.78 is 6.59. The molecule has 0 atom stereocenters. The average Bonchev–Trinajstić information content (AvgIpc) is 2.88. The Bertz CT molecular complexity index is 1360. The number of halogens is 2. The molecule has 178 valence electrons. The van der Waals surface area contributed by atoms with Gasteiger partial charge < -0.3 is 20.3 Å². The molecule has 0 radical (unpaired) electrons. The number of fused-ring (bicyclic) bond motifs is 1. The Morgan fingerprint density at radius 3 is 2.43 bits per heavy atom. The van der Waals surface area contributed by atoms with Crippen LogP contribution >= 0.6 is 27.5 Å². The first-order chi connectivity index (χ1) is 17.0. The van der Waals surface area contributed by atoms with E-state index in [1.165, 1.54) is 0 Å². The van der Waals surface area contributed by atoms with Gasteiger partial charge >= 0.3 is 0 Å². The first kappa shape index (κ1) is 23.3. The summed E-state index contributed by atoms with van der Waals surface area (Å²) in [5.41, 5.74) is 8.51. The van der Waals surface area contributed by atoms with Crippen molar-refractivity contribution in [1.82, 2.24) is 24.8 Å². The minimum atomic E-state index is -0.0653. The number of carbonyl (C=O) groups excluding carboxylic acids is 1. The molecule has 4 aromatic rings. The Hall–Kier alpha value is -3.50. The molecule has 0 bridgehead atoms. The van der Waals surface area contributed by atoms with Crippen molar-refractivity contribution in [2.24, 2.45) is 0 Å². The zero-order valence-electron chi connectivity index (χ0n) is 18.6. The smallest absolute Gasteiger partial charge is 0.260 e. The highest BCUT2D eigenvalue weighted by atomic mass is 79.9. The summed E-state index contributed by atoms with van der Waals surface area (Å²) in [6, 6.07) is 14.8. The number of ether oxygens (including phenoxy) is 1. The van der Waals surface area contributed by atoms with E-state index in [0.717, 1.165) is 10.0 Å². The van der Waals surface area contributed by atoms with E-state index in [1.54, 1.807) is 23.2 Å². The van der Waals surface area contributed by atoms with Gasteiger partial charge in [0, 0.05) is 41.2 Å². The second kappa shape index (κ2) is 10.0. The largest absolute Gasteiger partial charge is 0.484 e. The Morgan fingerprint density at radius 2 is 1.71 bits per heavy atom. The van der Waals surface area contributed by atoms with Gasteiger partial charge in [-0.25, -0.2) is 9.97 Å². The van der Waals surface area contributed by atoms with Gasteiger partial charge in [0.25, 0.3) is 5.91 Å². The molecule has 0 spiro atoms. The number of piperazine rings is 1. The molecule has 2 N–H and O–H groups in total. The van der Waals surface area contributed by atoms with Crippen molar-refractivity contribution in [3.63, 3.8) is 0 Å². The van der Waals surface area contributed by atoms with Crippen molar-refractivity contribution in [2.75, 3.05) is 43.4 Å². The number of nitrogens with two attached hydrogens (primary N) is 1. The lowest BCUT2D eigenvalue weighted by atomic mass is 10.1. The van der Waals surface area contributed by atoms with E-state index < -0.39 is 0 Å². The summed E-state index contributed by atoms with van der Waals surface area (Å²) in [7, 11) is 0. The first-order valence-electron chi connectivity index (χ1n) is 10.9. The summed E-state index contributed by atoms with van der Waals surface area (Å²) in [6.45, 7) is 2.18. The molecular weight excluding hydrogens is 534 g/mol. The van der Waals surface area contributed by atoms with Crippen molar-refractivity contribution in [2.45, 2.75) is 0 Å². The van der Waals surface area contributed by atoms with Crippen molar-refractivity contribution in [3.8, 4) is 17.0 Å². The molecule has 3 heterocycles. The molecule has 0 aliphatic carbocycles. The quantitative estimate of drug-likeness (QED) is 0.397. The number of amides is 1. The maximum Gasteiger partial charge on any atom is 0.260 e. The predicted octanol–water partition coefficient (Wildman–Crippen LogP) is 3.81. The van der Waals surface area contributed by atoms with Gasteiger partial charge in [0.15, 0.2) is 23.6 Å². The van der Waals surface area contributed by atoms with Gasteiger partial charge in [-0.05, 0) is 36.4 Å². The highest BCUT2D eigenvalue weighted by Gasteiger charge is 2.25. The molecule has 2 aromatic carbocycles. The standard InChI is InChI=1S/C24H21BrClN7O2/c25-16-3-7-18(8-4-16)35-14-20(34)32-9-11-33(12-10-32)23-21-22(30-24(27)31-23)28-13-19(29-21)15-1-5-17(26)6-2-15/h1-8,13H,9-12,14H2,(H2,27,28,30,31).